The molecule has 0 aliphatic carbocycles. The molecule has 2 N–H and O–H groups in total. The predicted molar refractivity (Wildman–Crippen MR) is 122 cm³/mol. The lowest BCUT2D eigenvalue weighted by molar-refractivity contribution is -0.133. The predicted octanol–water partition coefficient (Wildman–Crippen LogP) is 3.37. The number of benzene rings is 2. The maximum Gasteiger partial charge on any atom is 0.248 e. The summed E-state index contributed by atoms with van der Waals surface area (Å²) >= 11 is 6.21. The normalized spacial score (nSPS) is 14.5. The third kappa shape index (κ3) is 5.36. The number of piperazine rings is 1. The van der Waals surface area contributed by atoms with E-state index in [1.165, 1.54) is 0 Å². The number of carbonyl (C=O) groups is 2. The highest BCUT2D eigenvalue weighted by atomic mass is 35.5. The van der Waals surface area contributed by atoms with E-state index in [0.29, 0.717) is 48.2 Å². The van der Waals surface area contributed by atoms with Crippen molar-refractivity contribution in [3.63, 3.8) is 0 Å². The third-order valence-electron chi connectivity index (χ3n) is 5.62. The van der Waals surface area contributed by atoms with Crippen molar-refractivity contribution in [3.05, 3.63) is 76.8 Å². The van der Waals surface area contributed by atoms with Crippen LogP contribution >= 0.6 is 11.6 Å². The molecule has 8 heteroatoms. The van der Waals surface area contributed by atoms with Gasteiger partial charge in [-0.1, -0.05) is 35.9 Å². The molecule has 1 aliphatic heterocycles. The molecule has 2 aromatic carbocycles. The summed E-state index contributed by atoms with van der Waals surface area (Å²) in [6, 6.07) is 14.8. The zero-order valence-corrected chi connectivity index (χ0v) is 18.4. The summed E-state index contributed by atoms with van der Waals surface area (Å²) in [4.78, 5) is 32.3. The van der Waals surface area contributed by atoms with E-state index in [-0.39, 0.29) is 5.91 Å². The van der Waals surface area contributed by atoms with Crippen LogP contribution in [-0.4, -0.2) is 52.8 Å². The number of aromatic nitrogens is 1. The van der Waals surface area contributed by atoms with Crippen LogP contribution < -0.4 is 5.73 Å². The second-order valence-electron chi connectivity index (χ2n) is 7.82. The molecule has 1 fully saturated rings. The molecule has 0 radical (unpaired) electrons. The summed E-state index contributed by atoms with van der Waals surface area (Å²) in [5, 5.41) is 0.605. The topological polar surface area (TPSA) is 92.7 Å². The number of amides is 2. The zero-order valence-electron chi connectivity index (χ0n) is 17.7. The number of aryl methyl sites for hydroxylation is 1. The number of primary amides is 1. The Hall–Kier alpha value is -3.16. The first-order valence-corrected chi connectivity index (χ1v) is 11.0. The fourth-order valence-corrected chi connectivity index (χ4v) is 4.00. The molecule has 0 spiro atoms. The molecule has 1 aromatic heterocycles. The van der Waals surface area contributed by atoms with Crippen LogP contribution in [0.3, 0.4) is 0 Å². The highest BCUT2D eigenvalue weighted by Crippen LogP contribution is 2.28. The number of rotatable bonds is 7. The second-order valence-corrected chi connectivity index (χ2v) is 8.22. The number of halogens is 1. The van der Waals surface area contributed by atoms with Crippen molar-refractivity contribution in [2.75, 3.05) is 26.2 Å². The van der Waals surface area contributed by atoms with E-state index in [1.807, 2.05) is 35.2 Å². The van der Waals surface area contributed by atoms with Crippen molar-refractivity contribution in [2.24, 2.45) is 5.73 Å². The van der Waals surface area contributed by atoms with Crippen LogP contribution in [0.4, 0.5) is 0 Å². The minimum absolute atomic E-state index is 0.105. The van der Waals surface area contributed by atoms with Crippen molar-refractivity contribution in [3.8, 4) is 11.3 Å². The van der Waals surface area contributed by atoms with Crippen LogP contribution in [0.15, 0.2) is 59.1 Å². The molecule has 0 atom stereocenters. The van der Waals surface area contributed by atoms with Gasteiger partial charge in [-0.05, 0) is 29.8 Å². The van der Waals surface area contributed by atoms with Crippen molar-refractivity contribution in [1.29, 1.82) is 0 Å². The molecule has 2 amide bonds. The summed E-state index contributed by atoms with van der Waals surface area (Å²) in [5.74, 6) is 0.823. The van der Waals surface area contributed by atoms with Crippen LogP contribution in [0, 0.1) is 0 Å². The van der Waals surface area contributed by atoms with Crippen LogP contribution in [0.2, 0.25) is 5.02 Å². The molecule has 7 nitrogen and oxygen atoms in total. The van der Waals surface area contributed by atoms with Crippen LogP contribution in [0.5, 0.6) is 0 Å². The quantitative estimate of drug-likeness (QED) is 0.593. The van der Waals surface area contributed by atoms with Gasteiger partial charge in [-0.2, -0.15) is 0 Å². The average Bonchev–Trinajstić information content (AvgIpc) is 3.27. The molecule has 166 valence electrons. The summed E-state index contributed by atoms with van der Waals surface area (Å²) in [7, 11) is 0. The van der Waals surface area contributed by atoms with Gasteiger partial charge >= 0.3 is 0 Å². The summed E-state index contributed by atoms with van der Waals surface area (Å²) < 4.78 is 5.79. The number of carbonyl (C=O) groups excluding carboxylic acids is 2. The number of hydrogen-bond acceptors (Lipinski definition) is 5. The smallest absolute Gasteiger partial charge is 0.248 e. The Bertz CT molecular complexity index is 1090. The standard InChI is InChI=1S/C24H25ClN4O3/c25-20-4-2-1-3-19(20)21-15-27-22(32-21)9-10-23(30)29-13-11-28(12-14-29)16-17-5-7-18(8-6-17)24(26)31/h1-8,15H,9-14,16H2,(H2,26,31). The van der Waals surface area contributed by atoms with Crippen molar-refractivity contribution in [1.82, 2.24) is 14.8 Å². The molecule has 0 bridgehead atoms. The zero-order chi connectivity index (χ0) is 22.5. The van der Waals surface area contributed by atoms with Gasteiger partial charge in [0, 0.05) is 56.7 Å². The lowest BCUT2D eigenvalue weighted by Gasteiger charge is -2.34. The van der Waals surface area contributed by atoms with E-state index >= 15 is 0 Å². The molecular weight excluding hydrogens is 428 g/mol. The van der Waals surface area contributed by atoms with Gasteiger partial charge in [0.25, 0.3) is 0 Å². The monoisotopic (exact) mass is 452 g/mol. The van der Waals surface area contributed by atoms with Crippen LogP contribution in [0.25, 0.3) is 11.3 Å². The maximum atomic E-state index is 12.6. The van der Waals surface area contributed by atoms with E-state index in [2.05, 4.69) is 9.88 Å². The first-order valence-electron chi connectivity index (χ1n) is 10.6. The van der Waals surface area contributed by atoms with Crippen molar-refractivity contribution in [2.45, 2.75) is 19.4 Å². The summed E-state index contributed by atoms with van der Waals surface area (Å²) in [6.07, 6.45) is 2.46. The van der Waals surface area contributed by atoms with Gasteiger partial charge in [0.15, 0.2) is 11.7 Å². The molecule has 2 heterocycles. The number of nitrogens with two attached hydrogens (primary N) is 1. The number of oxazole rings is 1. The van der Waals surface area contributed by atoms with E-state index in [1.54, 1.807) is 24.4 Å². The molecular formula is C24H25ClN4O3. The van der Waals surface area contributed by atoms with Crippen LogP contribution in [0.1, 0.15) is 28.2 Å². The van der Waals surface area contributed by atoms with Crippen molar-refractivity contribution < 1.29 is 14.0 Å². The average molecular weight is 453 g/mol. The van der Waals surface area contributed by atoms with Gasteiger partial charge < -0.3 is 15.1 Å². The minimum atomic E-state index is -0.423. The van der Waals surface area contributed by atoms with Gasteiger partial charge in [-0.3, -0.25) is 14.5 Å². The summed E-state index contributed by atoms with van der Waals surface area (Å²) in [6.45, 7) is 3.77. The Labute approximate surface area is 191 Å². The minimum Gasteiger partial charge on any atom is -0.441 e. The SMILES string of the molecule is NC(=O)c1ccc(CN2CCN(C(=O)CCc3ncc(-c4ccccc4Cl)o3)CC2)cc1. The first-order chi connectivity index (χ1) is 15.5. The molecule has 4 rings (SSSR count). The highest BCUT2D eigenvalue weighted by Gasteiger charge is 2.21. The fourth-order valence-electron chi connectivity index (χ4n) is 3.77. The Balaban J connectivity index is 1.24. The molecule has 0 saturated carbocycles. The van der Waals surface area contributed by atoms with Gasteiger partial charge in [0.05, 0.1) is 11.2 Å². The van der Waals surface area contributed by atoms with E-state index in [4.69, 9.17) is 21.8 Å². The lowest BCUT2D eigenvalue weighted by Crippen LogP contribution is -2.48. The Kier molecular flexibility index (Phi) is 6.87. The Morgan fingerprint density at radius 2 is 1.75 bits per heavy atom. The number of nitrogens with zero attached hydrogens (tertiary/aromatic N) is 3. The van der Waals surface area contributed by atoms with Gasteiger partial charge in [-0.25, -0.2) is 4.98 Å². The Morgan fingerprint density at radius 1 is 1.03 bits per heavy atom. The van der Waals surface area contributed by atoms with Gasteiger partial charge in [0.2, 0.25) is 11.8 Å². The largest absolute Gasteiger partial charge is 0.441 e. The van der Waals surface area contributed by atoms with Crippen LogP contribution in [-0.2, 0) is 17.8 Å². The molecule has 0 unspecified atom stereocenters. The van der Waals surface area contributed by atoms with Gasteiger partial charge in [0.1, 0.15) is 0 Å². The third-order valence-corrected chi connectivity index (χ3v) is 5.94. The van der Waals surface area contributed by atoms with Crippen molar-refractivity contribution >= 4 is 23.4 Å². The molecule has 3 aromatic rings. The van der Waals surface area contributed by atoms with E-state index < -0.39 is 5.91 Å². The van der Waals surface area contributed by atoms with E-state index in [9.17, 15) is 9.59 Å². The maximum absolute atomic E-state index is 12.6. The molecule has 1 aliphatic rings. The molecule has 1 saturated heterocycles. The lowest BCUT2D eigenvalue weighted by atomic mass is 10.1. The Morgan fingerprint density at radius 3 is 2.44 bits per heavy atom. The van der Waals surface area contributed by atoms with E-state index in [0.717, 1.165) is 30.8 Å². The number of hydrogen-bond donors (Lipinski definition) is 1. The van der Waals surface area contributed by atoms with Gasteiger partial charge in [-0.15, -0.1) is 0 Å². The fraction of sp³-hybridized carbons (Fsp3) is 0.292. The highest BCUT2D eigenvalue weighted by molar-refractivity contribution is 6.33. The molecule has 32 heavy (non-hydrogen) atoms. The summed E-state index contributed by atoms with van der Waals surface area (Å²) in [5.41, 5.74) is 7.70. The first kappa shape index (κ1) is 22.0. The second kappa shape index (κ2) is 9.97.